The van der Waals surface area contributed by atoms with Gasteiger partial charge in [0.1, 0.15) is 0 Å². The molecule has 0 N–H and O–H groups in total. The fraction of sp³-hybridized carbons (Fsp3) is 0.611. The number of benzene rings is 1. The lowest BCUT2D eigenvalue weighted by molar-refractivity contribution is -0.221. The summed E-state index contributed by atoms with van der Waals surface area (Å²) < 4.78 is 17.4. The van der Waals surface area contributed by atoms with Crippen LogP contribution in [0.3, 0.4) is 0 Å². The molecular formula is C18H22O4. The lowest BCUT2D eigenvalue weighted by Crippen LogP contribution is -2.55. The van der Waals surface area contributed by atoms with Crippen LogP contribution in [0.2, 0.25) is 0 Å². The minimum Gasteiger partial charge on any atom is -0.466 e. The monoisotopic (exact) mass is 302 g/mol. The maximum absolute atomic E-state index is 12.6. The van der Waals surface area contributed by atoms with E-state index in [1.54, 1.807) is 0 Å². The molecule has 5 rings (SSSR count). The van der Waals surface area contributed by atoms with E-state index in [9.17, 15) is 4.79 Å². The molecule has 4 heteroatoms. The Morgan fingerprint density at radius 2 is 1.82 bits per heavy atom. The number of carbonyl (C=O) groups is 1. The fourth-order valence-electron chi connectivity index (χ4n) is 4.63. The van der Waals surface area contributed by atoms with Crippen LogP contribution < -0.4 is 0 Å². The van der Waals surface area contributed by atoms with Crippen molar-refractivity contribution in [3.63, 3.8) is 0 Å². The van der Waals surface area contributed by atoms with E-state index in [1.165, 1.54) is 11.1 Å². The maximum atomic E-state index is 12.6. The van der Waals surface area contributed by atoms with E-state index in [-0.39, 0.29) is 17.8 Å². The number of ether oxygens (including phenoxy) is 3. The third-order valence-corrected chi connectivity index (χ3v) is 5.68. The molecule has 1 heterocycles. The molecule has 4 nitrogen and oxygen atoms in total. The number of hydrogen-bond acceptors (Lipinski definition) is 4. The molecule has 2 bridgehead atoms. The number of rotatable bonds is 2. The fourth-order valence-corrected chi connectivity index (χ4v) is 4.63. The van der Waals surface area contributed by atoms with Crippen molar-refractivity contribution in [2.75, 3.05) is 19.8 Å². The second-order valence-corrected chi connectivity index (χ2v) is 6.79. The maximum Gasteiger partial charge on any atom is 0.312 e. The normalized spacial score (nSPS) is 34.6. The van der Waals surface area contributed by atoms with Crippen molar-refractivity contribution in [3.8, 4) is 0 Å². The van der Waals surface area contributed by atoms with E-state index in [1.807, 2.05) is 19.9 Å². The minimum absolute atomic E-state index is 0.0887. The van der Waals surface area contributed by atoms with Gasteiger partial charge in [-0.05, 0) is 31.4 Å². The molecule has 0 aromatic heterocycles. The van der Waals surface area contributed by atoms with Crippen LogP contribution in [0.4, 0.5) is 0 Å². The van der Waals surface area contributed by atoms with Crippen LogP contribution in [-0.2, 0) is 19.0 Å². The predicted molar refractivity (Wildman–Crippen MR) is 80.5 cm³/mol. The van der Waals surface area contributed by atoms with Crippen molar-refractivity contribution in [1.29, 1.82) is 0 Å². The highest BCUT2D eigenvalue weighted by molar-refractivity contribution is 5.79. The minimum atomic E-state index is -0.537. The summed E-state index contributed by atoms with van der Waals surface area (Å²) in [5.41, 5.74) is 2.05. The Kier molecular flexibility index (Phi) is 3.10. The predicted octanol–water partition coefficient (Wildman–Crippen LogP) is 2.97. The number of hydrogen-bond donors (Lipinski definition) is 0. The van der Waals surface area contributed by atoms with Gasteiger partial charge in [-0.3, -0.25) is 4.79 Å². The quantitative estimate of drug-likeness (QED) is 0.788. The van der Waals surface area contributed by atoms with Crippen molar-refractivity contribution < 1.29 is 19.0 Å². The molecule has 1 spiro atoms. The van der Waals surface area contributed by atoms with Gasteiger partial charge in [-0.25, -0.2) is 0 Å². The Bertz CT molecular complexity index is 605. The van der Waals surface area contributed by atoms with E-state index < -0.39 is 11.2 Å². The molecule has 3 atom stereocenters. The lowest BCUT2D eigenvalue weighted by Gasteiger charge is -2.55. The van der Waals surface area contributed by atoms with Gasteiger partial charge in [0, 0.05) is 18.3 Å². The molecular weight excluding hydrogens is 280 g/mol. The van der Waals surface area contributed by atoms with E-state index in [4.69, 9.17) is 14.2 Å². The van der Waals surface area contributed by atoms with Crippen molar-refractivity contribution in [2.24, 2.45) is 5.41 Å². The average Bonchev–Trinajstić information content (AvgIpc) is 2.98. The van der Waals surface area contributed by atoms with Crippen LogP contribution in [0.25, 0.3) is 0 Å². The van der Waals surface area contributed by atoms with Crippen LogP contribution >= 0.6 is 0 Å². The first kappa shape index (κ1) is 14.2. The topological polar surface area (TPSA) is 44.8 Å². The van der Waals surface area contributed by atoms with Crippen LogP contribution in [0.15, 0.2) is 24.3 Å². The van der Waals surface area contributed by atoms with Crippen molar-refractivity contribution in [1.82, 2.24) is 0 Å². The summed E-state index contributed by atoms with van der Waals surface area (Å²) in [6.45, 7) is 5.61. The molecule has 0 amide bonds. The Morgan fingerprint density at radius 1 is 1.18 bits per heavy atom. The van der Waals surface area contributed by atoms with Gasteiger partial charge in [0.2, 0.25) is 0 Å². The standard InChI is InChI=1S/C18H22O4/c1-3-20-16(19)17(2)10-15-13-7-5-4-6-12(13)14(17)11-18(15)21-8-9-22-18/h4-7,14-15H,3,8-11H2,1-2H3. The van der Waals surface area contributed by atoms with Gasteiger partial charge in [0.25, 0.3) is 0 Å². The molecule has 1 aromatic carbocycles. The third kappa shape index (κ3) is 1.74. The summed E-state index contributed by atoms with van der Waals surface area (Å²) >= 11 is 0. The first-order valence-corrected chi connectivity index (χ1v) is 8.15. The van der Waals surface area contributed by atoms with E-state index in [0.29, 0.717) is 19.8 Å². The summed E-state index contributed by atoms with van der Waals surface area (Å²) in [5.74, 6) is -0.436. The van der Waals surface area contributed by atoms with Gasteiger partial charge in [0.05, 0.1) is 25.2 Å². The second-order valence-electron chi connectivity index (χ2n) is 6.79. The zero-order valence-corrected chi connectivity index (χ0v) is 13.1. The molecule has 0 radical (unpaired) electrons. The first-order valence-electron chi connectivity index (χ1n) is 8.15. The van der Waals surface area contributed by atoms with Crippen molar-refractivity contribution in [3.05, 3.63) is 35.4 Å². The largest absolute Gasteiger partial charge is 0.466 e. The summed E-state index contributed by atoms with van der Waals surface area (Å²) in [6.07, 6.45) is 1.47. The van der Waals surface area contributed by atoms with E-state index in [2.05, 4.69) is 18.2 Å². The van der Waals surface area contributed by atoms with Crippen LogP contribution in [0.5, 0.6) is 0 Å². The third-order valence-electron chi connectivity index (χ3n) is 5.68. The Labute approximate surface area is 130 Å². The number of fused-ring (bicyclic) bond motifs is 1. The summed E-state index contributed by atoms with van der Waals surface area (Å²) in [4.78, 5) is 12.6. The SMILES string of the molecule is CCOC(=O)C1(C)CC2c3ccccc3C1CC21OCCO1. The molecule has 1 aromatic rings. The highest BCUT2D eigenvalue weighted by Crippen LogP contribution is 2.64. The molecule has 1 aliphatic heterocycles. The van der Waals surface area contributed by atoms with Gasteiger partial charge < -0.3 is 14.2 Å². The molecule has 3 aliphatic carbocycles. The zero-order valence-electron chi connectivity index (χ0n) is 13.1. The molecule has 1 saturated carbocycles. The molecule has 118 valence electrons. The summed E-state index contributed by atoms with van der Waals surface area (Å²) in [5, 5.41) is 0. The summed E-state index contributed by atoms with van der Waals surface area (Å²) in [6, 6.07) is 8.41. The molecule has 22 heavy (non-hydrogen) atoms. The molecule has 2 fully saturated rings. The van der Waals surface area contributed by atoms with Gasteiger partial charge >= 0.3 is 5.97 Å². The van der Waals surface area contributed by atoms with Crippen LogP contribution in [-0.4, -0.2) is 31.6 Å². The van der Waals surface area contributed by atoms with Gasteiger partial charge in [-0.15, -0.1) is 0 Å². The highest BCUT2D eigenvalue weighted by Gasteiger charge is 2.63. The van der Waals surface area contributed by atoms with Crippen molar-refractivity contribution in [2.45, 2.75) is 44.3 Å². The van der Waals surface area contributed by atoms with Gasteiger partial charge in [-0.2, -0.15) is 0 Å². The average molecular weight is 302 g/mol. The second kappa shape index (κ2) is 4.80. The summed E-state index contributed by atoms with van der Waals surface area (Å²) in [7, 11) is 0. The van der Waals surface area contributed by atoms with Gasteiger partial charge in [-0.1, -0.05) is 24.3 Å². The lowest BCUT2D eigenvalue weighted by atomic mass is 9.52. The van der Waals surface area contributed by atoms with Gasteiger partial charge in [0.15, 0.2) is 5.79 Å². The van der Waals surface area contributed by atoms with Crippen molar-refractivity contribution >= 4 is 5.97 Å². The number of carbonyl (C=O) groups excluding carboxylic acids is 1. The van der Waals surface area contributed by atoms with E-state index >= 15 is 0 Å². The van der Waals surface area contributed by atoms with Crippen LogP contribution in [0, 0.1) is 5.41 Å². The van der Waals surface area contributed by atoms with E-state index in [0.717, 1.165) is 12.8 Å². The zero-order chi connectivity index (χ0) is 15.4. The highest BCUT2D eigenvalue weighted by atomic mass is 16.7. The Balaban J connectivity index is 1.81. The smallest absolute Gasteiger partial charge is 0.312 e. The first-order chi connectivity index (χ1) is 10.6. The molecule has 1 saturated heterocycles. The number of esters is 1. The Hall–Kier alpha value is -1.39. The molecule has 3 unspecified atom stereocenters. The van der Waals surface area contributed by atoms with Crippen LogP contribution in [0.1, 0.15) is 49.7 Å². The Morgan fingerprint density at radius 3 is 2.45 bits per heavy atom. The molecule has 4 aliphatic rings.